The van der Waals surface area contributed by atoms with Gasteiger partial charge in [0, 0.05) is 6.42 Å². The minimum atomic E-state index is -0.0513. The third-order valence-corrected chi connectivity index (χ3v) is 2.77. The summed E-state index contributed by atoms with van der Waals surface area (Å²) in [5.41, 5.74) is 0. The number of hydrogen-bond donors (Lipinski definition) is 0. The molecular formula is C11H20NO2-. The van der Waals surface area contributed by atoms with Crippen LogP contribution in [0, 0.1) is 13.0 Å². The van der Waals surface area contributed by atoms with Crippen molar-refractivity contribution in [3.8, 4) is 0 Å². The van der Waals surface area contributed by atoms with Crippen LogP contribution in [0.1, 0.15) is 32.6 Å². The van der Waals surface area contributed by atoms with Crippen LogP contribution < -0.4 is 0 Å². The lowest BCUT2D eigenvalue weighted by Gasteiger charge is -2.34. The molecule has 0 saturated carbocycles. The molecule has 1 fully saturated rings. The second-order valence-corrected chi connectivity index (χ2v) is 3.91. The molecule has 82 valence electrons. The highest BCUT2D eigenvalue weighted by molar-refractivity contribution is 5.69. The zero-order chi connectivity index (χ0) is 10.4. The molecule has 0 unspecified atom stereocenters. The molecule has 0 aliphatic carbocycles. The van der Waals surface area contributed by atoms with E-state index >= 15 is 0 Å². The summed E-state index contributed by atoms with van der Waals surface area (Å²) >= 11 is 0. The van der Waals surface area contributed by atoms with E-state index in [9.17, 15) is 4.79 Å². The molecule has 1 rings (SSSR count). The molecule has 1 aliphatic heterocycles. The molecule has 1 saturated heterocycles. The van der Waals surface area contributed by atoms with Gasteiger partial charge in [-0.05, 0) is 45.2 Å². The molecule has 0 bridgehead atoms. The quantitative estimate of drug-likeness (QED) is 0.510. The number of carbonyl (C=O) groups is 1. The number of ether oxygens (including phenoxy) is 1. The summed E-state index contributed by atoms with van der Waals surface area (Å²) < 4.78 is 4.89. The lowest BCUT2D eigenvalue weighted by molar-refractivity contribution is -0.143. The molecule has 3 nitrogen and oxygen atoms in total. The maximum Gasteiger partial charge on any atom is 0.305 e. The van der Waals surface area contributed by atoms with E-state index in [2.05, 4.69) is 11.9 Å². The number of carbonyl (C=O) groups excluding carboxylic acids is 1. The van der Waals surface area contributed by atoms with Gasteiger partial charge in [-0.2, -0.15) is 0 Å². The average Bonchev–Trinajstić information content (AvgIpc) is 2.17. The van der Waals surface area contributed by atoms with Gasteiger partial charge in [0.25, 0.3) is 0 Å². The van der Waals surface area contributed by atoms with Gasteiger partial charge >= 0.3 is 5.97 Å². The highest BCUT2D eigenvalue weighted by Crippen LogP contribution is 2.21. The monoisotopic (exact) mass is 198 g/mol. The minimum absolute atomic E-state index is 0.0513. The third kappa shape index (κ3) is 4.09. The van der Waals surface area contributed by atoms with Gasteiger partial charge in [0.15, 0.2) is 0 Å². The minimum Gasteiger partial charge on any atom is -0.466 e. The number of piperidine rings is 1. The van der Waals surface area contributed by atoms with Gasteiger partial charge in [-0.3, -0.25) is 11.8 Å². The lowest BCUT2D eigenvalue weighted by Crippen LogP contribution is -2.28. The van der Waals surface area contributed by atoms with Crippen LogP contribution >= 0.6 is 0 Å². The number of nitrogens with zero attached hydrogens (tertiary/aromatic N) is 1. The second kappa shape index (κ2) is 6.02. The van der Waals surface area contributed by atoms with Gasteiger partial charge in [0.1, 0.15) is 0 Å². The summed E-state index contributed by atoms with van der Waals surface area (Å²) in [5, 5.41) is 0. The Morgan fingerprint density at radius 3 is 2.71 bits per heavy atom. The maximum atomic E-state index is 11.1. The Bertz CT molecular complexity index is 174. The Morgan fingerprint density at radius 2 is 2.14 bits per heavy atom. The molecule has 0 aromatic rings. The largest absolute Gasteiger partial charge is 0.466 e. The summed E-state index contributed by atoms with van der Waals surface area (Å²) in [6, 6.07) is 0. The topological polar surface area (TPSA) is 29.5 Å². The normalized spacial score (nSPS) is 19.6. The molecule has 3 heteroatoms. The standard InChI is InChI=1S/C11H20NO2/c1-3-14-11(13)5-4-10-6-8-12(2)9-7-10/h10H,2-9H2,1H3/q-1. The van der Waals surface area contributed by atoms with Crippen molar-refractivity contribution in [2.75, 3.05) is 19.7 Å². The first kappa shape index (κ1) is 11.5. The number of esters is 1. The van der Waals surface area contributed by atoms with Crippen molar-refractivity contribution in [1.82, 2.24) is 4.90 Å². The van der Waals surface area contributed by atoms with E-state index in [4.69, 9.17) is 4.74 Å². The summed E-state index contributed by atoms with van der Waals surface area (Å²) in [4.78, 5) is 13.2. The first-order valence-corrected chi connectivity index (χ1v) is 5.43. The lowest BCUT2D eigenvalue weighted by atomic mass is 9.92. The average molecular weight is 198 g/mol. The molecule has 0 radical (unpaired) electrons. The Hall–Kier alpha value is -0.570. The van der Waals surface area contributed by atoms with Crippen molar-refractivity contribution in [2.24, 2.45) is 5.92 Å². The molecule has 0 spiro atoms. The van der Waals surface area contributed by atoms with Crippen molar-refractivity contribution in [3.63, 3.8) is 0 Å². The summed E-state index contributed by atoms with van der Waals surface area (Å²) in [7, 11) is 3.90. The van der Waals surface area contributed by atoms with E-state index in [0.29, 0.717) is 18.9 Å². The molecule has 0 amide bonds. The number of likely N-dealkylation sites (tertiary alicyclic amines) is 1. The predicted octanol–water partition coefficient (Wildman–Crippen LogP) is 1.83. The van der Waals surface area contributed by atoms with Gasteiger partial charge in [-0.15, -0.1) is 0 Å². The SMILES string of the molecule is [CH2-]N1CCC(CCC(=O)OCC)CC1. The first-order chi connectivity index (χ1) is 6.72. The van der Waals surface area contributed by atoms with Crippen molar-refractivity contribution in [3.05, 3.63) is 7.05 Å². The predicted molar refractivity (Wildman–Crippen MR) is 55.5 cm³/mol. The summed E-state index contributed by atoms with van der Waals surface area (Å²) in [6.07, 6.45) is 3.90. The van der Waals surface area contributed by atoms with E-state index in [1.54, 1.807) is 0 Å². The van der Waals surface area contributed by atoms with Gasteiger partial charge in [-0.25, -0.2) is 0 Å². The highest BCUT2D eigenvalue weighted by Gasteiger charge is 2.15. The first-order valence-electron chi connectivity index (χ1n) is 5.43. The Kier molecular flexibility index (Phi) is 4.94. The van der Waals surface area contributed by atoms with E-state index in [1.807, 2.05) is 6.92 Å². The van der Waals surface area contributed by atoms with Gasteiger partial charge in [-0.1, -0.05) is 0 Å². The van der Waals surface area contributed by atoms with E-state index < -0.39 is 0 Å². The van der Waals surface area contributed by atoms with Gasteiger partial charge in [0.05, 0.1) is 6.61 Å². The van der Waals surface area contributed by atoms with E-state index in [0.717, 1.165) is 19.5 Å². The van der Waals surface area contributed by atoms with Crippen LogP contribution in [0.15, 0.2) is 0 Å². The Morgan fingerprint density at radius 1 is 1.50 bits per heavy atom. The highest BCUT2D eigenvalue weighted by atomic mass is 16.5. The van der Waals surface area contributed by atoms with Crippen LogP contribution in [-0.2, 0) is 9.53 Å². The van der Waals surface area contributed by atoms with Crippen molar-refractivity contribution in [1.29, 1.82) is 0 Å². The van der Waals surface area contributed by atoms with Crippen LogP contribution in [0.5, 0.6) is 0 Å². The molecular weight excluding hydrogens is 178 g/mol. The zero-order valence-electron chi connectivity index (χ0n) is 9.00. The number of hydrogen-bond acceptors (Lipinski definition) is 3. The van der Waals surface area contributed by atoms with Crippen LogP contribution in [0.3, 0.4) is 0 Å². The van der Waals surface area contributed by atoms with E-state index in [-0.39, 0.29) is 5.97 Å². The van der Waals surface area contributed by atoms with Crippen LogP contribution in [0.2, 0.25) is 0 Å². The van der Waals surface area contributed by atoms with Gasteiger partial charge < -0.3 is 9.64 Å². The molecule has 0 atom stereocenters. The fraction of sp³-hybridized carbons (Fsp3) is 0.818. The van der Waals surface area contributed by atoms with Crippen molar-refractivity contribution in [2.45, 2.75) is 32.6 Å². The fourth-order valence-corrected chi connectivity index (χ4v) is 1.83. The van der Waals surface area contributed by atoms with Gasteiger partial charge in [0.2, 0.25) is 0 Å². The van der Waals surface area contributed by atoms with Crippen molar-refractivity contribution >= 4 is 5.97 Å². The molecule has 14 heavy (non-hydrogen) atoms. The molecule has 0 N–H and O–H groups in total. The van der Waals surface area contributed by atoms with Crippen molar-refractivity contribution < 1.29 is 9.53 Å². The third-order valence-electron chi connectivity index (χ3n) is 2.77. The van der Waals surface area contributed by atoms with Crippen LogP contribution in [0.4, 0.5) is 0 Å². The summed E-state index contributed by atoms with van der Waals surface area (Å²) in [5.74, 6) is 0.641. The molecule has 1 aliphatic rings. The second-order valence-electron chi connectivity index (χ2n) is 3.91. The smallest absolute Gasteiger partial charge is 0.305 e. The Balaban J connectivity index is 2.09. The molecule has 0 aromatic carbocycles. The van der Waals surface area contributed by atoms with E-state index in [1.165, 1.54) is 12.8 Å². The Labute approximate surface area is 86.4 Å². The molecule has 1 heterocycles. The van der Waals surface area contributed by atoms with Crippen LogP contribution in [0.25, 0.3) is 0 Å². The van der Waals surface area contributed by atoms with Crippen LogP contribution in [-0.4, -0.2) is 30.6 Å². The zero-order valence-corrected chi connectivity index (χ0v) is 9.00. The summed E-state index contributed by atoms with van der Waals surface area (Å²) in [6.45, 7) is 4.47. The maximum absolute atomic E-state index is 11.1. The molecule has 0 aromatic heterocycles. The number of rotatable bonds is 4. The fourth-order valence-electron chi connectivity index (χ4n) is 1.83.